The maximum absolute atomic E-state index is 12.1. The van der Waals surface area contributed by atoms with Crippen LogP contribution < -0.4 is 5.32 Å². The smallest absolute Gasteiger partial charge is 0.313 e. The third-order valence-electron chi connectivity index (χ3n) is 3.67. The highest BCUT2D eigenvalue weighted by atomic mass is 32.1. The van der Waals surface area contributed by atoms with Gasteiger partial charge in [-0.3, -0.25) is 9.59 Å². The molecule has 1 heterocycles. The summed E-state index contributed by atoms with van der Waals surface area (Å²) < 4.78 is 0. The molecule has 5 nitrogen and oxygen atoms in total. The summed E-state index contributed by atoms with van der Waals surface area (Å²) >= 11 is 1.64. The van der Waals surface area contributed by atoms with Gasteiger partial charge in [0.05, 0.1) is 6.10 Å². The lowest BCUT2D eigenvalue weighted by molar-refractivity contribution is -0.142. The second-order valence-corrected chi connectivity index (χ2v) is 6.75. The Hall–Kier alpha value is -2.18. The molecule has 2 amide bonds. The predicted octanol–water partition coefficient (Wildman–Crippen LogP) is 2.89. The summed E-state index contributed by atoms with van der Waals surface area (Å²) in [4.78, 5) is 26.6. The molecule has 0 saturated heterocycles. The second-order valence-electron chi connectivity index (χ2n) is 5.83. The maximum atomic E-state index is 12.1. The highest BCUT2D eigenvalue weighted by Crippen LogP contribution is 2.30. The molecule has 0 aliphatic rings. The van der Waals surface area contributed by atoms with E-state index in [4.69, 9.17) is 0 Å². The first-order valence-corrected chi connectivity index (χ1v) is 8.65. The molecule has 1 aromatic carbocycles. The van der Waals surface area contributed by atoms with Gasteiger partial charge in [-0.2, -0.15) is 0 Å². The van der Waals surface area contributed by atoms with Crippen molar-refractivity contribution in [1.29, 1.82) is 0 Å². The molecule has 0 saturated carbocycles. The summed E-state index contributed by atoms with van der Waals surface area (Å²) in [5.41, 5.74) is 2.77. The Morgan fingerprint density at radius 1 is 1.33 bits per heavy atom. The lowest BCUT2D eigenvalue weighted by atomic mass is 10.1. The van der Waals surface area contributed by atoms with Crippen LogP contribution in [0, 0.1) is 6.92 Å². The lowest BCUT2D eigenvalue weighted by Gasteiger charge is -2.17. The molecule has 0 bridgehead atoms. The zero-order valence-electron chi connectivity index (χ0n) is 14.1. The number of carbonyl (C=O) groups excluding carboxylic acids is 2. The van der Waals surface area contributed by atoms with Crippen LogP contribution in [-0.4, -0.2) is 41.5 Å². The van der Waals surface area contributed by atoms with Crippen LogP contribution in [0.5, 0.6) is 0 Å². The zero-order valence-corrected chi connectivity index (χ0v) is 14.9. The van der Waals surface area contributed by atoms with E-state index in [1.807, 2.05) is 36.6 Å². The summed E-state index contributed by atoms with van der Waals surface area (Å²) in [6, 6.07) is 9.50. The minimum Gasteiger partial charge on any atom is -0.393 e. The van der Waals surface area contributed by atoms with Gasteiger partial charge in [-0.15, -0.1) is 11.3 Å². The van der Waals surface area contributed by atoms with Crippen LogP contribution >= 0.6 is 11.3 Å². The molecule has 0 spiro atoms. The minimum absolute atomic E-state index is 0.332. The molecule has 0 radical (unpaired) electrons. The quantitative estimate of drug-likeness (QED) is 0.818. The number of nitrogens with one attached hydrogen (secondary N) is 1. The average Bonchev–Trinajstić information content (AvgIpc) is 2.98. The van der Waals surface area contributed by atoms with E-state index in [9.17, 15) is 14.7 Å². The number of likely N-dealkylation sites (N-methyl/N-ethyl adjacent to an activating group) is 1. The lowest BCUT2D eigenvalue weighted by Crippen LogP contribution is -2.38. The number of hydrogen-bond acceptors (Lipinski definition) is 4. The summed E-state index contributed by atoms with van der Waals surface area (Å²) in [6.07, 6.45) is -0.0723. The van der Waals surface area contributed by atoms with E-state index in [-0.39, 0.29) is 0 Å². The van der Waals surface area contributed by atoms with Crippen LogP contribution in [-0.2, 0) is 9.59 Å². The van der Waals surface area contributed by atoms with Gasteiger partial charge in [0.1, 0.15) is 0 Å². The van der Waals surface area contributed by atoms with Gasteiger partial charge in [0.25, 0.3) is 0 Å². The van der Waals surface area contributed by atoms with Gasteiger partial charge in [-0.1, -0.05) is 12.1 Å². The van der Waals surface area contributed by atoms with Crippen molar-refractivity contribution in [2.24, 2.45) is 0 Å². The third kappa shape index (κ3) is 4.66. The first-order valence-electron chi connectivity index (χ1n) is 7.77. The van der Waals surface area contributed by atoms with Crippen LogP contribution in [0.15, 0.2) is 35.7 Å². The van der Waals surface area contributed by atoms with Crippen LogP contribution in [0.3, 0.4) is 0 Å². The molecule has 2 N–H and O–H groups in total. The number of carbonyl (C=O) groups is 2. The number of nitrogens with zero attached hydrogens (tertiary/aromatic N) is 1. The van der Waals surface area contributed by atoms with Gasteiger partial charge in [0.2, 0.25) is 0 Å². The van der Waals surface area contributed by atoms with Crippen molar-refractivity contribution in [2.45, 2.75) is 26.4 Å². The number of aliphatic hydroxyl groups excluding tert-OH is 1. The van der Waals surface area contributed by atoms with Crippen molar-refractivity contribution in [3.63, 3.8) is 0 Å². The van der Waals surface area contributed by atoms with Gasteiger partial charge in [-0.05, 0) is 55.0 Å². The van der Waals surface area contributed by atoms with E-state index in [0.29, 0.717) is 18.7 Å². The Morgan fingerprint density at radius 2 is 2.08 bits per heavy atom. The second kappa shape index (κ2) is 8.08. The Bertz CT molecular complexity index is 725. The predicted molar refractivity (Wildman–Crippen MR) is 97.1 cm³/mol. The molecule has 0 aliphatic heterocycles. The average molecular weight is 346 g/mol. The number of hydrogen-bond donors (Lipinski definition) is 2. The number of amides is 2. The van der Waals surface area contributed by atoms with Crippen LogP contribution in [0.4, 0.5) is 5.69 Å². The van der Waals surface area contributed by atoms with E-state index in [1.165, 1.54) is 10.5 Å². The summed E-state index contributed by atoms with van der Waals surface area (Å²) in [6.45, 7) is 4.02. The molecule has 1 atom stereocenters. The summed E-state index contributed by atoms with van der Waals surface area (Å²) in [7, 11) is 1.55. The van der Waals surface area contributed by atoms with Crippen molar-refractivity contribution < 1.29 is 14.7 Å². The fourth-order valence-corrected chi connectivity index (χ4v) is 3.17. The van der Waals surface area contributed by atoms with Crippen LogP contribution in [0.1, 0.15) is 18.9 Å². The van der Waals surface area contributed by atoms with Crippen LogP contribution in [0.25, 0.3) is 10.4 Å². The monoisotopic (exact) mass is 346 g/mol. The third-order valence-corrected chi connectivity index (χ3v) is 4.73. The Kier molecular flexibility index (Phi) is 6.11. The molecule has 0 aliphatic carbocycles. The van der Waals surface area contributed by atoms with Gasteiger partial charge in [-0.25, -0.2) is 0 Å². The number of anilines is 1. The van der Waals surface area contributed by atoms with Crippen molar-refractivity contribution >= 4 is 28.8 Å². The molecule has 2 rings (SSSR count). The molecule has 2 aromatic rings. The molecular weight excluding hydrogens is 324 g/mol. The molecular formula is C18H22N2O3S. The summed E-state index contributed by atoms with van der Waals surface area (Å²) in [5, 5.41) is 13.9. The number of aryl methyl sites for hydroxylation is 1. The van der Waals surface area contributed by atoms with E-state index >= 15 is 0 Å². The Balaban J connectivity index is 2.04. The highest BCUT2D eigenvalue weighted by Gasteiger charge is 2.19. The highest BCUT2D eigenvalue weighted by molar-refractivity contribution is 7.13. The van der Waals surface area contributed by atoms with Gasteiger partial charge in [0, 0.05) is 24.2 Å². The number of benzene rings is 1. The van der Waals surface area contributed by atoms with Gasteiger partial charge < -0.3 is 15.3 Å². The Morgan fingerprint density at radius 3 is 2.71 bits per heavy atom. The zero-order chi connectivity index (χ0) is 17.7. The van der Waals surface area contributed by atoms with Crippen molar-refractivity contribution in [3.05, 3.63) is 41.3 Å². The van der Waals surface area contributed by atoms with Crippen LogP contribution in [0.2, 0.25) is 0 Å². The first-order chi connectivity index (χ1) is 11.4. The molecule has 0 fully saturated rings. The van der Waals surface area contributed by atoms with Gasteiger partial charge >= 0.3 is 11.8 Å². The first kappa shape index (κ1) is 18.2. The number of aliphatic hydroxyl groups is 1. The standard InChI is InChI=1S/C18H22N2O3S/c1-12-8-10-24-16(12)14-5-4-6-15(11-14)19-17(22)18(23)20(3)9-7-13(2)21/h4-6,8,10-11,13,21H,7,9H2,1-3H3,(H,19,22). The minimum atomic E-state index is -0.678. The fraction of sp³-hybridized carbons (Fsp3) is 0.333. The van der Waals surface area contributed by atoms with E-state index in [0.717, 1.165) is 10.4 Å². The topological polar surface area (TPSA) is 69.6 Å². The Labute approximate surface area is 145 Å². The summed E-state index contributed by atoms with van der Waals surface area (Å²) in [5.74, 6) is -1.29. The normalized spacial score (nSPS) is 11.8. The van der Waals surface area contributed by atoms with Crippen molar-refractivity contribution in [1.82, 2.24) is 4.90 Å². The molecule has 1 aromatic heterocycles. The van der Waals surface area contributed by atoms with E-state index in [1.54, 1.807) is 31.4 Å². The molecule has 24 heavy (non-hydrogen) atoms. The van der Waals surface area contributed by atoms with Gasteiger partial charge in [0.15, 0.2) is 0 Å². The van der Waals surface area contributed by atoms with Crippen molar-refractivity contribution in [3.8, 4) is 10.4 Å². The SMILES string of the molecule is Cc1ccsc1-c1cccc(NC(=O)C(=O)N(C)CCC(C)O)c1. The van der Waals surface area contributed by atoms with E-state index in [2.05, 4.69) is 5.32 Å². The number of rotatable bonds is 5. The molecule has 1 unspecified atom stereocenters. The molecule has 128 valence electrons. The fourth-order valence-electron chi connectivity index (χ4n) is 2.25. The van der Waals surface area contributed by atoms with Crippen molar-refractivity contribution in [2.75, 3.05) is 18.9 Å². The van der Waals surface area contributed by atoms with E-state index < -0.39 is 17.9 Å². The molecule has 6 heteroatoms. The maximum Gasteiger partial charge on any atom is 0.313 e. The largest absolute Gasteiger partial charge is 0.393 e. The number of thiophene rings is 1.